The molecule has 0 spiro atoms. The summed E-state index contributed by atoms with van der Waals surface area (Å²) in [4.78, 5) is 11.7. The molecule has 0 saturated carbocycles. The lowest BCUT2D eigenvalue weighted by atomic mass is 10.00. The van der Waals surface area contributed by atoms with Crippen LogP contribution in [-0.2, 0) is 0 Å². The van der Waals surface area contributed by atoms with Crippen LogP contribution in [0.2, 0.25) is 10.0 Å². The summed E-state index contributed by atoms with van der Waals surface area (Å²) in [6.07, 6.45) is 0.436. The molecule has 0 aliphatic carbocycles. The Bertz CT molecular complexity index is 636. The van der Waals surface area contributed by atoms with Crippen molar-refractivity contribution in [2.24, 2.45) is 0 Å². The van der Waals surface area contributed by atoms with Crippen LogP contribution in [0.1, 0.15) is 23.7 Å². The number of rotatable bonds is 3. The van der Waals surface area contributed by atoms with E-state index in [9.17, 15) is 9.90 Å². The zero-order valence-electron chi connectivity index (χ0n) is 10.3. The van der Waals surface area contributed by atoms with Crippen molar-refractivity contribution in [3.8, 4) is 16.9 Å². The van der Waals surface area contributed by atoms with Crippen LogP contribution in [0.3, 0.4) is 0 Å². The quantitative estimate of drug-likeness (QED) is 0.813. The van der Waals surface area contributed by atoms with E-state index in [-0.39, 0.29) is 16.6 Å². The Balaban J connectivity index is 2.56. The number of carbonyl (C=O) groups is 1. The van der Waals surface area contributed by atoms with Crippen molar-refractivity contribution in [3.63, 3.8) is 0 Å². The van der Waals surface area contributed by atoms with Gasteiger partial charge in [-0.2, -0.15) is 0 Å². The Hall–Kier alpha value is -1.51. The van der Waals surface area contributed by atoms with Gasteiger partial charge in [-0.15, -0.1) is 0 Å². The highest BCUT2D eigenvalue weighted by Crippen LogP contribution is 2.38. The third kappa shape index (κ3) is 2.91. The van der Waals surface area contributed by atoms with Crippen LogP contribution in [0.4, 0.5) is 0 Å². The second kappa shape index (κ2) is 5.64. The summed E-state index contributed by atoms with van der Waals surface area (Å²) < 4.78 is 0. The van der Waals surface area contributed by atoms with Crippen molar-refractivity contribution in [1.82, 2.24) is 0 Å². The Morgan fingerprint density at radius 3 is 2.63 bits per heavy atom. The Kier molecular flexibility index (Phi) is 4.13. The number of hydrogen-bond donors (Lipinski definition) is 1. The molecule has 0 atom stereocenters. The first-order chi connectivity index (χ1) is 9.02. The average molecular weight is 295 g/mol. The van der Waals surface area contributed by atoms with Crippen molar-refractivity contribution in [2.45, 2.75) is 13.3 Å². The Labute approximate surface area is 121 Å². The van der Waals surface area contributed by atoms with E-state index in [4.69, 9.17) is 23.2 Å². The summed E-state index contributed by atoms with van der Waals surface area (Å²) in [6, 6.07) is 10.1. The maximum Gasteiger partial charge on any atom is 0.162 e. The lowest BCUT2D eigenvalue weighted by Crippen LogP contribution is -1.96. The second-order valence-electron chi connectivity index (χ2n) is 4.14. The number of halogens is 2. The minimum atomic E-state index is -0.0350. The molecule has 0 radical (unpaired) electrons. The third-order valence-electron chi connectivity index (χ3n) is 2.84. The van der Waals surface area contributed by atoms with Gasteiger partial charge in [0.1, 0.15) is 5.75 Å². The number of Topliss-reactive ketones (excluding diaryl/α,β-unsaturated/α-hetero) is 1. The molecule has 19 heavy (non-hydrogen) atoms. The van der Waals surface area contributed by atoms with Gasteiger partial charge >= 0.3 is 0 Å². The minimum Gasteiger partial charge on any atom is -0.506 e. The molecule has 0 aliphatic rings. The van der Waals surface area contributed by atoms with Gasteiger partial charge in [0.15, 0.2) is 5.78 Å². The van der Waals surface area contributed by atoms with Gasteiger partial charge in [-0.05, 0) is 23.8 Å². The van der Waals surface area contributed by atoms with Crippen LogP contribution < -0.4 is 0 Å². The second-order valence-corrected chi connectivity index (χ2v) is 4.98. The molecule has 98 valence electrons. The zero-order chi connectivity index (χ0) is 14.0. The monoisotopic (exact) mass is 294 g/mol. The minimum absolute atomic E-state index is 0.0350. The topological polar surface area (TPSA) is 37.3 Å². The van der Waals surface area contributed by atoms with Gasteiger partial charge in [0.2, 0.25) is 0 Å². The van der Waals surface area contributed by atoms with Gasteiger partial charge in [0.25, 0.3) is 0 Å². The average Bonchev–Trinajstić information content (AvgIpc) is 2.42. The summed E-state index contributed by atoms with van der Waals surface area (Å²) in [5.74, 6) is 0.0154. The number of ketones is 1. The first-order valence-electron chi connectivity index (χ1n) is 5.84. The molecule has 2 rings (SSSR count). The summed E-state index contributed by atoms with van der Waals surface area (Å²) in [5.41, 5.74) is 1.83. The highest BCUT2D eigenvalue weighted by Gasteiger charge is 2.11. The van der Waals surface area contributed by atoms with Crippen LogP contribution in [0.5, 0.6) is 5.75 Å². The molecule has 2 nitrogen and oxygen atoms in total. The lowest BCUT2D eigenvalue weighted by molar-refractivity contribution is 0.0988. The highest BCUT2D eigenvalue weighted by atomic mass is 35.5. The van der Waals surface area contributed by atoms with Gasteiger partial charge in [-0.1, -0.05) is 48.3 Å². The maximum atomic E-state index is 11.7. The first kappa shape index (κ1) is 13.9. The van der Waals surface area contributed by atoms with E-state index in [0.717, 1.165) is 0 Å². The fraction of sp³-hybridized carbons (Fsp3) is 0.133. The van der Waals surface area contributed by atoms with Crippen molar-refractivity contribution in [1.29, 1.82) is 0 Å². The molecule has 0 unspecified atom stereocenters. The lowest BCUT2D eigenvalue weighted by Gasteiger charge is -2.08. The van der Waals surface area contributed by atoms with Crippen molar-refractivity contribution in [2.75, 3.05) is 0 Å². The standard InChI is InChI=1S/C15H12Cl2O2/c1-2-14(18)10-5-3-4-9(6-10)12-7-11(16)8-13(17)15(12)19/h3-8,19H,2H2,1H3. The molecule has 2 aromatic rings. The first-order valence-corrected chi connectivity index (χ1v) is 6.60. The maximum absolute atomic E-state index is 11.7. The molecule has 1 N–H and O–H groups in total. The van der Waals surface area contributed by atoms with E-state index < -0.39 is 0 Å². The number of phenols is 1. The molecule has 0 aromatic heterocycles. The number of carbonyl (C=O) groups excluding carboxylic acids is 1. The predicted octanol–water partition coefficient (Wildman–Crippen LogP) is 4.96. The number of hydrogen-bond acceptors (Lipinski definition) is 2. The van der Waals surface area contributed by atoms with E-state index in [0.29, 0.717) is 28.1 Å². The SMILES string of the molecule is CCC(=O)c1cccc(-c2cc(Cl)cc(Cl)c2O)c1. The van der Waals surface area contributed by atoms with Gasteiger partial charge in [0.05, 0.1) is 5.02 Å². The Morgan fingerprint density at radius 1 is 1.21 bits per heavy atom. The summed E-state index contributed by atoms with van der Waals surface area (Å²) in [5, 5.41) is 10.6. The van der Waals surface area contributed by atoms with Gasteiger partial charge in [-0.25, -0.2) is 0 Å². The molecule has 0 fully saturated rings. The van der Waals surface area contributed by atoms with Gasteiger partial charge in [-0.3, -0.25) is 4.79 Å². The van der Waals surface area contributed by atoms with Gasteiger partial charge < -0.3 is 5.11 Å². The summed E-state index contributed by atoms with van der Waals surface area (Å²) in [7, 11) is 0. The highest BCUT2D eigenvalue weighted by molar-refractivity contribution is 6.36. The molecule has 4 heteroatoms. The molecule has 0 saturated heterocycles. The molecule has 0 aliphatic heterocycles. The van der Waals surface area contributed by atoms with Crippen molar-refractivity contribution in [3.05, 3.63) is 52.0 Å². The van der Waals surface area contributed by atoms with Crippen LogP contribution in [-0.4, -0.2) is 10.9 Å². The predicted molar refractivity (Wildman–Crippen MR) is 78.2 cm³/mol. The molecule has 2 aromatic carbocycles. The van der Waals surface area contributed by atoms with Gasteiger partial charge in [0, 0.05) is 22.6 Å². The van der Waals surface area contributed by atoms with Crippen LogP contribution in [0.25, 0.3) is 11.1 Å². The molecular formula is C15H12Cl2O2. The summed E-state index contributed by atoms with van der Waals surface area (Å²) in [6.45, 7) is 1.81. The third-order valence-corrected chi connectivity index (χ3v) is 3.35. The van der Waals surface area contributed by atoms with E-state index in [1.165, 1.54) is 6.07 Å². The molecule has 0 heterocycles. The molecular weight excluding hydrogens is 283 g/mol. The summed E-state index contributed by atoms with van der Waals surface area (Å²) >= 11 is 11.8. The fourth-order valence-electron chi connectivity index (χ4n) is 1.85. The van der Waals surface area contributed by atoms with Crippen LogP contribution in [0, 0.1) is 0 Å². The fourth-order valence-corrected chi connectivity index (χ4v) is 2.34. The van der Waals surface area contributed by atoms with Crippen LogP contribution >= 0.6 is 23.2 Å². The van der Waals surface area contributed by atoms with Crippen molar-refractivity contribution >= 4 is 29.0 Å². The number of benzene rings is 2. The zero-order valence-corrected chi connectivity index (χ0v) is 11.8. The smallest absolute Gasteiger partial charge is 0.162 e. The van der Waals surface area contributed by atoms with E-state index in [2.05, 4.69) is 0 Å². The largest absolute Gasteiger partial charge is 0.506 e. The van der Waals surface area contributed by atoms with E-state index in [1.807, 2.05) is 6.92 Å². The van der Waals surface area contributed by atoms with Crippen LogP contribution in [0.15, 0.2) is 36.4 Å². The van der Waals surface area contributed by atoms with E-state index >= 15 is 0 Å². The number of phenolic OH excluding ortho intramolecular Hbond substituents is 1. The number of aromatic hydroxyl groups is 1. The Morgan fingerprint density at radius 2 is 1.95 bits per heavy atom. The molecule has 0 bridgehead atoms. The normalized spacial score (nSPS) is 10.5. The van der Waals surface area contributed by atoms with E-state index in [1.54, 1.807) is 30.3 Å². The van der Waals surface area contributed by atoms with Crippen molar-refractivity contribution < 1.29 is 9.90 Å². The molecule has 0 amide bonds.